The van der Waals surface area contributed by atoms with Gasteiger partial charge in [-0.1, -0.05) is 29.3 Å². The van der Waals surface area contributed by atoms with Crippen molar-refractivity contribution in [3.8, 4) is 0 Å². The van der Waals surface area contributed by atoms with Gasteiger partial charge in [0.1, 0.15) is 6.61 Å². The molecule has 0 radical (unpaired) electrons. The number of allylic oxidation sites excluding steroid dienone is 1. The molecule has 0 bridgehead atoms. The molecule has 0 aromatic heterocycles. The van der Waals surface area contributed by atoms with Crippen molar-refractivity contribution in [2.45, 2.75) is 19.8 Å². The Bertz CT molecular complexity index is 443. The molecule has 1 unspecified atom stereocenters. The van der Waals surface area contributed by atoms with Crippen molar-refractivity contribution < 1.29 is 9.53 Å². The summed E-state index contributed by atoms with van der Waals surface area (Å²) in [5.41, 5.74) is 8.89. The van der Waals surface area contributed by atoms with E-state index in [4.69, 9.17) is 10.5 Å². The van der Waals surface area contributed by atoms with Crippen molar-refractivity contribution >= 4 is 5.78 Å². The molecule has 1 heterocycles. The van der Waals surface area contributed by atoms with E-state index < -0.39 is 0 Å². The van der Waals surface area contributed by atoms with Crippen LogP contribution < -0.4 is 5.73 Å². The van der Waals surface area contributed by atoms with E-state index in [1.54, 1.807) is 6.08 Å². The van der Waals surface area contributed by atoms with Gasteiger partial charge in [-0.3, -0.25) is 4.79 Å². The third-order valence-electron chi connectivity index (χ3n) is 2.66. The molecule has 1 atom stereocenters. The minimum atomic E-state index is -0.257. The number of carbonyl (C=O) groups excluding carboxylic acids is 1. The van der Waals surface area contributed by atoms with Gasteiger partial charge in [0, 0.05) is 0 Å². The monoisotopic (exact) mass is 217 g/mol. The van der Waals surface area contributed by atoms with Gasteiger partial charge in [0.2, 0.25) is 0 Å². The highest BCUT2D eigenvalue weighted by molar-refractivity contribution is 5.89. The molecule has 2 N–H and O–H groups in total. The third kappa shape index (κ3) is 2.08. The van der Waals surface area contributed by atoms with Crippen LogP contribution in [0.5, 0.6) is 0 Å². The maximum atomic E-state index is 11.7. The topological polar surface area (TPSA) is 52.3 Å². The summed E-state index contributed by atoms with van der Waals surface area (Å²) in [6.45, 7) is 4.11. The van der Waals surface area contributed by atoms with Crippen LogP contribution in [0, 0.1) is 13.8 Å². The standard InChI is InChI=1S/C13H15NO2/c1-8-3-9(2)5-10(4-8)11-6-13(14)16-7-12(11)15/h3-6,11H,7,14H2,1-2H3. The van der Waals surface area contributed by atoms with Crippen LogP contribution in [-0.4, -0.2) is 12.4 Å². The van der Waals surface area contributed by atoms with E-state index >= 15 is 0 Å². The smallest absolute Gasteiger partial charge is 0.181 e. The summed E-state index contributed by atoms with van der Waals surface area (Å²) >= 11 is 0. The van der Waals surface area contributed by atoms with Crippen molar-refractivity contribution in [1.29, 1.82) is 0 Å². The van der Waals surface area contributed by atoms with Crippen molar-refractivity contribution in [3.05, 3.63) is 46.8 Å². The molecule has 1 aromatic carbocycles. The second kappa shape index (κ2) is 4.00. The number of nitrogens with two attached hydrogens (primary N) is 1. The number of aryl methyl sites for hydroxylation is 2. The Morgan fingerprint density at radius 2 is 1.88 bits per heavy atom. The summed E-state index contributed by atoms with van der Waals surface area (Å²) in [5, 5.41) is 0. The van der Waals surface area contributed by atoms with Gasteiger partial charge in [0.15, 0.2) is 11.7 Å². The number of hydrogen-bond acceptors (Lipinski definition) is 3. The van der Waals surface area contributed by atoms with Gasteiger partial charge in [-0.2, -0.15) is 0 Å². The lowest BCUT2D eigenvalue weighted by Crippen LogP contribution is -2.24. The first-order chi connectivity index (χ1) is 7.56. The van der Waals surface area contributed by atoms with Gasteiger partial charge in [-0.05, 0) is 25.5 Å². The van der Waals surface area contributed by atoms with Gasteiger partial charge >= 0.3 is 0 Å². The van der Waals surface area contributed by atoms with Crippen molar-refractivity contribution in [2.75, 3.05) is 6.61 Å². The van der Waals surface area contributed by atoms with Crippen LogP contribution in [-0.2, 0) is 9.53 Å². The van der Waals surface area contributed by atoms with E-state index in [-0.39, 0.29) is 18.3 Å². The summed E-state index contributed by atoms with van der Waals surface area (Å²) < 4.78 is 4.99. The predicted molar refractivity (Wildman–Crippen MR) is 61.9 cm³/mol. The van der Waals surface area contributed by atoms with Crippen LogP contribution in [0.3, 0.4) is 0 Å². The zero-order valence-electron chi connectivity index (χ0n) is 9.49. The van der Waals surface area contributed by atoms with E-state index in [0.29, 0.717) is 5.88 Å². The van der Waals surface area contributed by atoms with Crippen LogP contribution in [0.15, 0.2) is 30.2 Å². The first-order valence-corrected chi connectivity index (χ1v) is 5.27. The number of rotatable bonds is 1. The van der Waals surface area contributed by atoms with Crippen molar-refractivity contribution in [3.63, 3.8) is 0 Å². The summed E-state index contributed by atoms with van der Waals surface area (Å²) in [4.78, 5) is 11.7. The highest BCUT2D eigenvalue weighted by atomic mass is 16.5. The number of Topliss-reactive ketones (excluding diaryl/α,β-unsaturated/α-hetero) is 1. The summed E-state index contributed by atoms with van der Waals surface area (Å²) in [5.74, 6) is 0.135. The van der Waals surface area contributed by atoms with Crippen molar-refractivity contribution in [2.24, 2.45) is 5.73 Å². The molecular weight excluding hydrogens is 202 g/mol. The Labute approximate surface area is 94.9 Å². The quantitative estimate of drug-likeness (QED) is 0.780. The lowest BCUT2D eigenvalue weighted by atomic mass is 9.91. The third-order valence-corrected chi connectivity index (χ3v) is 2.66. The first kappa shape index (κ1) is 10.7. The highest BCUT2D eigenvalue weighted by Crippen LogP contribution is 2.25. The normalized spacial score (nSPS) is 20.2. The maximum absolute atomic E-state index is 11.7. The molecule has 1 aliphatic rings. The van der Waals surface area contributed by atoms with E-state index in [0.717, 1.165) is 16.7 Å². The van der Waals surface area contributed by atoms with Crippen LogP contribution >= 0.6 is 0 Å². The lowest BCUT2D eigenvalue weighted by Gasteiger charge is -2.19. The van der Waals surface area contributed by atoms with Gasteiger partial charge in [0.25, 0.3) is 0 Å². The fourth-order valence-corrected chi connectivity index (χ4v) is 2.02. The second-order valence-electron chi connectivity index (χ2n) is 4.22. The van der Waals surface area contributed by atoms with E-state index in [1.807, 2.05) is 26.0 Å². The van der Waals surface area contributed by atoms with E-state index in [9.17, 15) is 4.79 Å². The maximum Gasteiger partial charge on any atom is 0.181 e. The fourth-order valence-electron chi connectivity index (χ4n) is 2.02. The number of hydrogen-bond donors (Lipinski definition) is 1. The molecule has 16 heavy (non-hydrogen) atoms. The largest absolute Gasteiger partial charge is 0.472 e. The van der Waals surface area contributed by atoms with E-state index in [1.165, 1.54) is 0 Å². The van der Waals surface area contributed by atoms with Crippen LogP contribution in [0.1, 0.15) is 22.6 Å². The summed E-state index contributed by atoms with van der Waals surface area (Å²) in [7, 11) is 0. The molecule has 0 saturated carbocycles. The van der Waals surface area contributed by atoms with Crippen molar-refractivity contribution in [1.82, 2.24) is 0 Å². The number of carbonyl (C=O) groups is 1. The Kier molecular flexibility index (Phi) is 2.69. The molecule has 3 heteroatoms. The number of ether oxygens (including phenoxy) is 1. The molecule has 0 aliphatic carbocycles. The molecule has 84 valence electrons. The second-order valence-corrected chi connectivity index (χ2v) is 4.22. The predicted octanol–water partition coefficient (Wildman–Crippen LogP) is 1.79. The lowest BCUT2D eigenvalue weighted by molar-refractivity contribution is -0.124. The minimum Gasteiger partial charge on any atom is -0.472 e. The summed E-state index contributed by atoms with van der Waals surface area (Å²) in [6.07, 6.45) is 1.68. The SMILES string of the molecule is Cc1cc(C)cc(C2C=C(N)OCC2=O)c1. The molecule has 1 aromatic rings. The van der Waals surface area contributed by atoms with Gasteiger partial charge < -0.3 is 10.5 Å². The average molecular weight is 217 g/mol. The molecule has 0 amide bonds. The van der Waals surface area contributed by atoms with Crippen LogP contribution in [0.25, 0.3) is 0 Å². The first-order valence-electron chi connectivity index (χ1n) is 5.27. The van der Waals surface area contributed by atoms with Gasteiger partial charge in [-0.25, -0.2) is 0 Å². The minimum absolute atomic E-state index is 0.0548. The molecule has 3 nitrogen and oxygen atoms in total. The molecule has 2 rings (SSSR count). The van der Waals surface area contributed by atoms with Gasteiger partial charge in [-0.15, -0.1) is 0 Å². The molecule has 0 spiro atoms. The zero-order chi connectivity index (χ0) is 11.7. The Morgan fingerprint density at radius 1 is 1.25 bits per heavy atom. The number of ketones is 1. The Balaban J connectivity index is 2.42. The Hall–Kier alpha value is -1.77. The van der Waals surface area contributed by atoms with Gasteiger partial charge in [0.05, 0.1) is 5.92 Å². The van der Waals surface area contributed by atoms with E-state index in [2.05, 4.69) is 6.07 Å². The molecular formula is C13H15NO2. The molecule has 0 saturated heterocycles. The Morgan fingerprint density at radius 3 is 2.50 bits per heavy atom. The molecule has 0 fully saturated rings. The van der Waals surface area contributed by atoms with Crippen LogP contribution in [0.2, 0.25) is 0 Å². The highest BCUT2D eigenvalue weighted by Gasteiger charge is 2.24. The zero-order valence-corrected chi connectivity index (χ0v) is 9.49. The average Bonchev–Trinajstić information content (AvgIpc) is 2.20. The summed E-state index contributed by atoms with van der Waals surface area (Å²) in [6, 6.07) is 6.12. The molecule has 1 aliphatic heterocycles. The van der Waals surface area contributed by atoms with Crippen LogP contribution in [0.4, 0.5) is 0 Å². The number of benzene rings is 1. The fraction of sp³-hybridized carbons (Fsp3) is 0.308.